The lowest BCUT2D eigenvalue weighted by molar-refractivity contribution is -0.938. The Labute approximate surface area is 114 Å². The maximum atomic E-state index is 6.37. The van der Waals surface area contributed by atoms with Crippen molar-refractivity contribution in [3.8, 4) is 0 Å². The first-order chi connectivity index (χ1) is 8.67. The van der Waals surface area contributed by atoms with E-state index < -0.39 is 0 Å². The summed E-state index contributed by atoms with van der Waals surface area (Å²) in [5, 5.41) is 0. The number of nitrogens with two attached hydrogens (primary N) is 1. The van der Waals surface area contributed by atoms with E-state index in [0.29, 0.717) is 6.04 Å². The van der Waals surface area contributed by atoms with E-state index in [1.54, 1.807) is 0 Å². The van der Waals surface area contributed by atoms with Gasteiger partial charge in [-0.3, -0.25) is 0 Å². The van der Waals surface area contributed by atoms with Crippen LogP contribution in [-0.4, -0.2) is 36.7 Å². The summed E-state index contributed by atoms with van der Waals surface area (Å²) in [6, 6.07) is 0.459. The van der Waals surface area contributed by atoms with Gasteiger partial charge in [0, 0.05) is 11.8 Å². The van der Waals surface area contributed by atoms with Crippen molar-refractivity contribution in [3.63, 3.8) is 0 Å². The SMILES string of the molecule is CCCCC1CC(N)C[N+](CC)(CC2CCC2)C1. The maximum absolute atomic E-state index is 6.37. The van der Waals surface area contributed by atoms with Crippen molar-refractivity contribution in [1.29, 1.82) is 0 Å². The molecule has 2 N–H and O–H groups in total. The van der Waals surface area contributed by atoms with E-state index in [4.69, 9.17) is 5.73 Å². The van der Waals surface area contributed by atoms with Crippen LogP contribution < -0.4 is 5.73 Å². The summed E-state index contributed by atoms with van der Waals surface area (Å²) in [5.74, 6) is 1.91. The average Bonchev–Trinajstić information content (AvgIpc) is 2.31. The van der Waals surface area contributed by atoms with Crippen molar-refractivity contribution in [2.75, 3.05) is 26.2 Å². The molecule has 1 heterocycles. The number of hydrogen-bond donors (Lipinski definition) is 1. The number of likely N-dealkylation sites (tertiary alicyclic amines) is 1. The molecule has 0 aromatic heterocycles. The molecular weight excluding hydrogens is 220 g/mol. The topological polar surface area (TPSA) is 26.0 Å². The summed E-state index contributed by atoms with van der Waals surface area (Å²) >= 11 is 0. The normalized spacial score (nSPS) is 37.5. The first kappa shape index (κ1) is 14.3. The first-order valence-electron chi connectivity index (χ1n) is 8.28. The minimum absolute atomic E-state index is 0.459. The average molecular weight is 253 g/mol. The summed E-state index contributed by atoms with van der Waals surface area (Å²) in [4.78, 5) is 0. The quantitative estimate of drug-likeness (QED) is 0.723. The molecule has 2 fully saturated rings. The number of piperidine rings is 1. The van der Waals surface area contributed by atoms with Crippen LogP contribution in [-0.2, 0) is 0 Å². The fraction of sp³-hybridized carbons (Fsp3) is 1.00. The lowest BCUT2D eigenvalue weighted by Gasteiger charge is -2.49. The van der Waals surface area contributed by atoms with Crippen LogP contribution in [0.4, 0.5) is 0 Å². The summed E-state index contributed by atoms with van der Waals surface area (Å²) in [6.45, 7) is 10.1. The molecular formula is C16H33N2+. The third-order valence-corrected chi connectivity index (χ3v) is 5.41. The summed E-state index contributed by atoms with van der Waals surface area (Å²) in [6.07, 6.45) is 9.86. The van der Waals surface area contributed by atoms with Crippen LogP contribution in [0.1, 0.15) is 58.8 Å². The zero-order valence-corrected chi connectivity index (χ0v) is 12.5. The molecule has 18 heavy (non-hydrogen) atoms. The molecule has 0 amide bonds. The lowest BCUT2D eigenvalue weighted by Crippen LogP contribution is -2.62. The van der Waals surface area contributed by atoms with Crippen molar-refractivity contribution in [1.82, 2.24) is 0 Å². The summed E-state index contributed by atoms with van der Waals surface area (Å²) in [7, 11) is 0. The van der Waals surface area contributed by atoms with Gasteiger partial charge in [-0.2, -0.15) is 0 Å². The van der Waals surface area contributed by atoms with E-state index in [1.807, 2.05) is 0 Å². The highest BCUT2D eigenvalue weighted by atomic mass is 15.4. The molecule has 0 aromatic carbocycles. The van der Waals surface area contributed by atoms with Gasteiger partial charge >= 0.3 is 0 Å². The second-order valence-corrected chi connectivity index (χ2v) is 7.01. The molecule has 3 atom stereocenters. The Balaban J connectivity index is 1.93. The van der Waals surface area contributed by atoms with E-state index >= 15 is 0 Å². The van der Waals surface area contributed by atoms with Crippen LogP contribution in [0.25, 0.3) is 0 Å². The molecule has 0 bridgehead atoms. The Morgan fingerprint density at radius 3 is 2.44 bits per heavy atom. The fourth-order valence-electron chi connectivity index (χ4n) is 4.16. The molecule has 2 nitrogen and oxygen atoms in total. The smallest absolute Gasteiger partial charge is 0.0940 e. The molecule has 1 saturated heterocycles. The number of hydrogen-bond acceptors (Lipinski definition) is 1. The highest BCUT2D eigenvalue weighted by Gasteiger charge is 2.39. The monoisotopic (exact) mass is 253 g/mol. The third kappa shape index (κ3) is 3.48. The summed E-state index contributed by atoms with van der Waals surface area (Å²) < 4.78 is 1.33. The number of nitrogens with zero attached hydrogens (tertiary/aromatic N) is 1. The third-order valence-electron chi connectivity index (χ3n) is 5.41. The van der Waals surface area contributed by atoms with Gasteiger partial charge in [0.25, 0.3) is 0 Å². The molecule has 1 aliphatic carbocycles. The first-order valence-corrected chi connectivity index (χ1v) is 8.28. The van der Waals surface area contributed by atoms with Crippen molar-refractivity contribution in [3.05, 3.63) is 0 Å². The molecule has 0 spiro atoms. The van der Waals surface area contributed by atoms with E-state index in [-0.39, 0.29) is 0 Å². The van der Waals surface area contributed by atoms with Gasteiger partial charge in [0.1, 0.15) is 0 Å². The zero-order valence-electron chi connectivity index (χ0n) is 12.5. The van der Waals surface area contributed by atoms with Gasteiger partial charge in [0.2, 0.25) is 0 Å². The molecule has 0 radical (unpaired) electrons. The van der Waals surface area contributed by atoms with Crippen molar-refractivity contribution >= 4 is 0 Å². The van der Waals surface area contributed by atoms with E-state index in [0.717, 1.165) is 11.8 Å². The molecule has 2 aliphatic rings. The highest BCUT2D eigenvalue weighted by Crippen LogP contribution is 2.33. The zero-order chi connectivity index (χ0) is 13.0. The number of unbranched alkanes of at least 4 members (excludes halogenated alkanes) is 1. The van der Waals surface area contributed by atoms with Crippen LogP contribution >= 0.6 is 0 Å². The maximum Gasteiger partial charge on any atom is 0.0940 e. The lowest BCUT2D eigenvalue weighted by atomic mass is 9.82. The van der Waals surface area contributed by atoms with Gasteiger partial charge in [-0.05, 0) is 32.6 Å². The Bertz CT molecular complexity index is 249. The van der Waals surface area contributed by atoms with Crippen LogP contribution in [0.15, 0.2) is 0 Å². The fourth-order valence-corrected chi connectivity index (χ4v) is 4.16. The minimum Gasteiger partial charge on any atom is -0.323 e. The van der Waals surface area contributed by atoms with Crippen molar-refractivity contribution < 1.29 is 4.48 Å². The minimum atomic E-state index is 0.459. The Morgan fingerprint density at radius 1 is 1.11 bits per heavy atom. The van der Waals surface area contributed by atoms with Crippen LogP contribution in [0.5, 0.6) is 0 Å². The predicted molar refractivity (Wildman–Crippen MR) is 78.4 cm³/mol. The van der Waals surface area contributed by atoms with Crippen molar-refractivity contribution in [2.45, 2.75) is 64.8 Å². The molecule has 3 unspecified atom stereocenters. The van der Waals surface area contributed by atoms with Gasteiger partial charge in [-0.1, -0.05) is 26.2 Å². The Hall–Kier alpha value is -0.0800. The van der Waals surface area contributed by atoms with Crippen LogP contribution in [0, 0.1) is 11.8 Å². The predicted octanol–water partition coefficient (Wildman–Crippen LogP) is 3.16. The molecule has 2 rings (SSSR count). The number of likely N-dealkylation sites (N-methyl/N-ethyl adjacent to an activating group) is 1. The second-order valence-electron chi connectivity index (χ2n) is 7.01. The highest BCUT2D eigenvalue weighted by molar-refractivity contribution is 4.77. The van der Waals surface area contributed by atoms with Gasteiger partial charge in [0.15, 0.2) is 0 Å². The number of quaternary nitrogens is 1. The molecule has 106 valence electrons. The van der Waals surface area contributed by atoms with Crippen LogP contribution in [0.2, 0.25) is 0 Å². The Kier molecular flexibility index (Phi) is 5.08. The second kappa shape index (κ2) is 6.38. The molecule has 1 saturated carbocycles. The molecule has 0 aromatic rings. The van der Waals surface area contributed by atoms with Crippen molar-refractivity contribution in [2.24, 2.45) is 17.6 Å². The van der Waals surface area contributed by atoms with Gasteiger partial charge in [0.05, 0.1) is 32.2 Å². The van der Waals surface area contributed by atoms with E-state index in [1.165, 1.54) is 75.6 Å². The van der Waals surface area contributed by atoms with Gasteiger partial charge < -0.3 is 10.2 Å². The van der Waals surface area contributed by atoms with Gasteiger partial charge in [-0.15, -0.1) is 0 Å². The number of rotatable bonds is 6. The summed E-state index contributed by atoms with van der Waals surface area (Å²) in [5.41, 5.74) is 6.37. The standard InChI is InChI=1S/C16H33N2/c1-3-5-7-15-10-16(17)13-18(4-2,12-15)11-14-8-6-9-14/h14-16H,3-13,17H2,1-2H3/q+1. The largest absolute Gasteiger partial charge is 0.323 e. The molecule has 1 aliphatic heterocycles. The van der Waals surface area contributed by atoms with Crippen LogP contribution in [0.3, 0.4) is 0 Å². The van der Waals surface area contributed by atoms with E-state index in [9.17, 15) is 0 Å². The molecule has 2 heteroatoms. The Morgan fingerprint density at radius 2 is 1.89 bits per heavy atom. The van der Waals surface area contributed by atoms with Gasteiger partial charge in [-0.25, -0.2) is 0 Å². The van der Waals surface area contributed by atoms with E-state index in [2.05, 4.69) is 13.8 Å².